The van der Waals surface area contributed by atoms with Crippen molar-refractivity contribution in [2.45, 2.75) is 26.1 Å². The van der Waals surface area contributed by atoms with Crippen LogP contribution in [-0.4, -0.2) is 33.0 Å². The van der Waals surface area contributed by atoms with Crippen molar-refractivity contribution in [2.24, 2.45) is 0 Å². The number of rotatable bonds is 2. The number of nitrogens with zero attached hydrogens (tertiary/aromatic N) is 2. The van der Waals surface area contributed by atoms with Crippen LogP contribution in [0.3, 0.4) is 0 Å². The van der Waals surface area contributed by atoms with Crippen LogP contribution in [0.25, 0.3) is 0 Å². The topological polar surface area (TPSA) is 64.3 Å². The first kappa shape index (κ1) is 9.73. The number of hydrogen-bond donors (Lipinski definition) is 1. The highest BCUT2D eigenvalue weighted by molar-refractivity contribution is 5.70. The third-order valence-corrected chi connectivity index (χ3v) is 1.68. The molecule has 0 saturated carbocycles. The second-order valence-corrected chi connectivity index (χ2v) is 2.80. The van der Waals surface area contributed by atoms with E-state index in [-0.39, 0.29) is 0 Å². The van der Waals surface area contributed by atoms with Crippen LogP contribution in [0.4, 0.5) is 4.79 Å². The minimum Gasteiger partial charge on any atom is -0.443 e. The van der Waals surface area contributed by atoms with E-state index in [4.69, 9.17) is 9.84 Å². The Labute approximate surface area is 76.0 Å². The molecule has 1 N–H and O–H groups in total. The molecule has 0 spiro atoms. The lowest BCUT2D eigenvalue weighted by Crippen LogP contribution is -2.27. The normalized spacial score (nSPS) is 15.0. The summed E-state index contributed by atoms with van der Waals surface area (Å²) in [5.74, 6) is 0. The molecule has 0 amide bonds. The summed E-state index contributed by atoms with van der Waals surface area (Å²) in [6, 6.07) is 0. The van der Waals surface area contributed by atoms with Gasteiger partial charge >= 0.3 is 6.09 Å². The summed E-state index contributed by atoms with van der Waals surface area (Å²) in [6.45, 7) is 3.19. The highest BCUT2D eigenvalue weighted by atomic mass is 16.6. The quantitative estimate of drug-likeness (QED) is 0.732. The number of ether oxygens (including phenoxy) is 1. The van der Waals surface area contributed by atoms with Gasteiger partial charge in [-0.3, -0.25) is 0 Å². The Morgan fingerprint density at radius 1 is 1.62 bits per heavy atom. The number of hydrogen-bond acceptors (Lipinski definition) is 4. The Balaban J connectivity index is 2.52. The maximum absolute atomic E-state index is 11.2. The van der Waals surface area contributed by atoms with Crippen molar-refractivity contribution in [1.29, 1.82) is 0 Å². The number of aromatic nitrogens is 2. The molecule has 0 aliphatic carbocycles. The van der Waals surface area contributed by atoms with Crippen LogP contribution in [-0.2, 0) is 4.74 Å². The van der Waals surface area contributed by atoms with Gasteiger partial charge in [0.05, 0.1) is 6.10 Å². The van der Waals surface area contributed by atoms with Gasteiger partial charge in [-0.15, -0.1) is 0 Å². The predicted octanol–water partition coefficient (Wildman–Crippen LogP) is 0.637. The predicted molar refractivity (Wildman–Crippen MR) is 45.2 cm³/mol. The number of carbonyl (C=O) groups excluding carboxylic acids is 1. The molecule has 13 heavy (non-hydrogen) atoms. The molecule has 0 aliphatic rings. The van der Waals surface area contributed by atoms with E-state index in [9.17, 15) is 4.79 Å². The highest BCUT2D eigenvalue weighted by Gasteiger charge is 2.14. The molecule has 0 aromatic carbocycles. The third-order valence-electron chi connectivity index (χ3n) is 1.68. The molecule has 1 aromatic rings. The fraction of sp³-hybridized carbons (Fsp3) is 0.500. The fourth-order valence-corrected chi connectivity index (χ4v) is 0.685. The molecule has 2 unspecified atom stereocenters. The minimum absolute atomic E-state index is 0.519. The Morgan fingerprint density at radius 2 is 2.31 bits per heavy atom. The Bertz CT molecular complexity index is 269. The van der Waals surface area contributed by atoms with Gasteiger partial charge in [0.1, 0.15) is 12.4 Å². The van der Waals surface area contributed by atoms with Gasteiger partial charge in [0.2, 0.25) is 0 Å². The summed E-state index contributed by atoms with van der Waals surface area (Å²) >= 11 is 0. The first-order valence-corrected chi connectivity index (χ1v) is 3.98. The van der Waals surface area contributed by atoms with Crippen molar-refractivity contribution in [3.05, 3.63) is 18.7 Å². The Morgan fingerprint density at radius 3 is 2.77 bits per heavy atom. The Kier molecular flexibility index (Phi) is 3.02. The number of aliphatic hydroxyl groups excluding tert-OH is 1. The van der Waals surface area contributed by atoms with Gasteiger partial charge in [0, 0.05) is 12.4 Å². The molecule has 0 fully saturated rings. The summed E-state index contributed by atoms with van der Waals surface area (Å²) in [5.41, 5.74) is 0. The van der Waals surface area contributed by atoms with Crippen LogP contribution in [0.5, 0.6) is 0 Å². The number of carbonyl (C=O) groups is 1. The second kappa shape index (κ2) is 4.04. The fourth-order valence-electron chi connectivity index (χ4n) is 0.685. The van der Waals surface area contributed by atoms with E-state index in [0.29, 0.717) is 0 Å². The molecule has 2 atom stereocenters. The lowest BCUT2D eigenvalue weighted by Gasteiger charge is -2.15. The van der Waals surface area contributed by atoms with E-state index in [1.807, 2.05) is 0 Å². The second-order valence-electron chi connectivity index (χ2n) is 2.80. The van der Waals surface area contributed by atoms with Gasteiger partial charge in [0.25, 0.3) is 0 Å². The van der Waals surface area contributed by atoms with Crippen molar-refractivity contribution in [3.63, 3.8) is 0 Å². The van der Waals surface area contributed by atoms with E-state index >= 15 is 0 Å². The average molecular weight is 184 g/mol. The molecule has 5 nitrogen and oxygen atoms in total. The monoisotopic (exact) mass is 184 g/mol. The van der Waals surface area contributed by atoms with Crippen molar-refractivity contribution in [3.8, 4) is 0 Å². The summed E-state index contributed by atoms with van der Waals surface area (Å²) in [7, 11) is 0. The van der Waals surface area contributed by atoms with Crippen LogP contribution in [0.15, 0.2) is 18.7 Å². The maximum Gasteiger partial charge on any atom is 0.419 e. The van der Waals surface area contributed by atoms with Crippen molar-refractivity contribution < 1.29 is 14.6 Å². The summed E-state index contributed by atoms with van der Waals surface area (Å²) < 4.78 is 6.10. The lowest BCUT2D eigenvalue weighted by atomic mass is 10.3. The van der Waals surface area contributed by atoms with Gasteiger partial charge in [-0.05, 0) is 13.8 Å². The van der Waals surface area contributed by atoms with Gasteiger partial charge in [0.15, 0.2) is 0 Å². The zero-order chi connectivity index (χ0) is 9.84. The van der Waals surface area contributed by atoms with Crippen molar-refractivity contribution in [1.82, 2.24) is 9.55 Å². The highest BCUT2D eigenvalue weighted by Crippen LogP contribution is 2.00. The molecule has 0 aliphatic heterocycles. The van der Waals surface area contributed by atoms with E-state index in [0.717, 1.165) is 0 Å². The molecule has 1 aromatic heterocycles. The lowest BCUT2D eigenvalue weighted by molar-refractivity contribution is 0.0230. The van der Waals surface area contributed by atoms with Gasteiger partial charge < -0.3 is 9.84 Å². The smallest absolute Gasteiger partial charge is 0.419 e. The van der Waals surface area contributed by atoms with E-state index in [1.165, 1.54) is 23.3 Å². The summed E-state index contributed by atoms with van der Waals surface area (Å²) in [6.07, 6.45) is 2.58. The maximum atomic E-state index is 11.2. The van der Waals surface area contributed by atoms with Crippen LogP contribution in [0.2, 0.25) is 0 Å². The van der Waals surface area contributed by atoms with Crippen molar-refractivity contribution >= 4 is 6.09 Å². The zero-order valence-electron chi connectivity index (χ0n) is 7.54. The van der Waals surface area contributed by atoms with Gasteiger partial charge in [-0.1, -0.05) is 0 Å². The minimum atomic E-state index is -0.674. The van der Waals surface area contributed by atoms with E-state index in [2.05, 4.69) is 4.98 Å². The zero-order valence-corrected chi connectivity index (χ0v) is 7.54. The molecule has 72 valence electrons. The van der Waals surface area contributed by atoms with Gasteiger partial charge in [-0.2, -0.15) is 0 Å². The first-order valence-electron chi connectivity index (χ1n) is 3.98. The van der Waals surface area contributed by atoms with Crippen molar-refractivity contribution in [2.75, 3.05) is 0 Å². The molecule has 5 heteroatoms. The average Bonchev–Trinajstić information content (AvgIpc) is 2.55. The standard InChI is InChI=1S/C8H12N2O3/c1-6(11)7(2)13-8(12)10-4-3-9-5-10/h3-7,11H,1-2H3. The van der Waals surface area contributed by atoms with E-state index in [1.54, 1.807) is 13.8 Å². The molecular weight excluding hydrogens is 172 g/mol. The first-order chi connectivity index (χ1) is 6.11. The SMILES string of the molecule is CC(O)C(C)OC(=O)n1ccnc1. The molecule has 1 heterocycles. The largest absolute Gasteiger partial charge is 0.443 e. The Hall–Kier alpha value is -1.36. The summed E-state index contributed by atoms with van der Waals surface area (Å²) in [5, 5.41) is 9.07. The number of aliphatic hydroxyl groups is 1. The van der Waals surface area contributed by atoms with Crippen LogP contribution in [0.1, 0.15) is 13.8 Å². The third kappa shape index (κ3) is 2.55. The van der Waals surface area contributed by atoms with Gasteiger partial charge in [-0.25, -0.2) is 14.3 Å². The van der Waals surface area contributed by atoms with Crippen LogP contribution < -0.4 is 0 Å². The van der Waals surface area contributed by atoms with Crippen LogP contribution >= 0.6 is 0 Å². The van der Waals surface area contributed by atoms with E-state index < -0.39 is 18.3 Å². The molecule has 0 bridgehead atoms. The molecule has 0 radical (unpaired) electrons. The molecule has 0 saturated heterocycles. The number of imidazole rings is 1. The molecule has 1 rings (SSSR count). The summed E-state index contributed by atoms with van der Waals surface area (Å²) in [4.78, 5) is 14.9. The van der Waals surface area contributed by atoms with Crippen LogP contribution in [0, 0.1) is 0 Å². The molecular formula is C8H12N2O3.